The van der Waals surface area contributed by atoms with Gasteiger partial charge in [0.05, 0.1) is 0 Å². The van der Waals surface area contributed by atoms with Crippen molar-refractivity contribution in [1.82, 2.24) is 0 Å². The first-order chi connectivity index (χ1) is 22.3. The molecule has 1 aliphatic carbocycles. The lowest BCUT2D eigenvalue weighted by molar-refractivity contribution is 0.206. The number of rotatable bonds is 4. The minimum Gasteiger partial charge on any atom is -0.489 e. The van der Waals surface area contributed by atoms with E-state index in [1.54, 1.807) is 0 Å². The average molecular weight is 577 g/mol. The summed E-state index contributed by atoms with van der Waals surface area (Å²) in [4.78, 5) is 0. The lowest BCUT2D eigenvalue weighted by atomic mass is 9.78. The van der Waals surface area contributed by atoms with Crippen molar-refractivity contribution in [1.29, 1.82) is 0 Å². The van der Waals surface area contributed by atoms with Crippen LogP contribution in [0.25, 0.3) is 60.5 Å². The molecule has 7 aromatic carbocycles. The van der Waals surface area contributed by atoms with E-state index in [0.29, 0.717) is 0 Å². The van der Waals surface area contributed by atoms with E-state index in [1.807, 2.05) is 0 Å². The van der Waals surface area contributed by atoms with Gasteiger partial charge in [-0.1, -0.05) is 146 Å². The quantitative estimate of drug-likeness (QED) is 0.189. The molecule has 9 rings (SSSR count). The third kappa shape index (κ3) is 4.38. The number of hydrogen-bond acceptors (Lipinski definition) is 1. The zero-order valence-electron chi connectivity index (χ0n) is 25.0. The van der Waals surface area contributed by atoms with Crippen molar-refractivity contribution in [2.45, 2.75) is 24.9 Å². The van der Waals surface area contributed by atoms with Gasteiger partial charge in [-0.05, 0) is 91.0 Å². The summed E-state index contributed by atoms with van der Waals surface area (Å²) in [5.74, 6) is 1.29. The number of ether oxygens (including phenoxy) is 1. The predicted octanol–water partition coefficient (Wildman–Crippen LogP) is 11.7. The molecule has 0 N–H and O–H groups in total. The SMILES string of the molecule is C1=C(c2c3ccccc3c(-c3cccc(-c4ccccc4)c3)c3ccccc23)CCC2Oc3cc(-c4ccccc4)ccc3C12. The first kappa shape index (κ1) is 26.0. The summed E-state index contributed by atoms with van der Waals surface area (Å²) < 4.78 is 6.61. The van der Waals surface area contributed by atoms with E-state index in [0.717, 1.165) is 18.6 Å². The molecule has 1 nitrogen and oxygen atoms in total. The highest BCUT2D eigenvalue weighted by molar-refractivity contribution is 6.19. The Morgan fingerprint density at radius 1 is 0.444 bits per heavy atom. The second-order valence-electron chi connectivity index (χ2n) is 12.3. The molecule has 0 amide bonds. The van der Waals surface area contributed by atoms with Crippen LogP contribution in [-0.2, 0) is 0 Å². The molecule has 2 aliphatic rings. The number of benzene rings is 7. The van der Waals surface area contributed by atoms with Crippen LogP contribution in [0.3, 0.4) is 0 Å². The maximum absolute atomic E-state index is 6.61. The molecule has 214 valence electrons. The Morgan fingerprint density at radius 2 is 0.978 bits per heavy atom. The number of hydrogen-bond donors (Lipinski definition) is 0. The van der Waals surface area contributed by atoms with E-state index in [1.165, 1.54) is 71.6 Å². The van der Waals surface area contributed by atoms with Crippen LogP contribution in [-0.4, -0.2) is 6.10 Å². The Labute approximate surface area is 264 Å². The minimum absolute atomic E-state index is 0.187. The zero-order chi connectivity index (χ0) is 29.7. The Hall–Kier alpha value is -5.40. The Kier molecular flexibility index (Phi) is 6.16. The summed E-state index contributed by atoms with van der Waals surface area (Å²) in [5, 5.41) is 5.24. The normalized spacial score (nSPS) is 17.0. The second kappa shape index (κ2) is 10.6. The van der Waals surface area contributed by atoms with Gasteiger partial charge in [0.2, 0.25) is 0 Å². The highest BCUT2D eigenvalue weighted by Gasteiger charge is 2.36. The Bertz CT molecular complexity index is 2190. The third-order valence-electron chi connectivity index (χ3n) is 9.75. The predicted molar refractivity (Wildman–Crippen MR) is 189 cm³/mol. The van der Waals surface area contributed by atoms with Gasteiger partial charge in [0.15, 0.2) is 0 Å². The highest BCUT2D eigenvalue weighted by Crippen LogP contribution is 2.50. The summed E-state index contributed by atoms with van der Waals surface area (Å²) in [6.45, 7) is 0. The van der Waals surface area contributed by atoms with Gasteiger partial charge in [0, 0.05) is 11.5 Å². The number of fused-ring (bicyclic) bond motifs is 5. The van der Waals surface area contributed by atoms with Crippen LogP contribution in [0.2, 0.25) is 0 Å². The van der Waals surface area contributed by atoms with Gasteiger partial charge < -0.3 is 4.74 Å². The molecule has 2 unspecified atom stereocenters. The van der Waals surface area contributed by atoms with Crippen molar-refractivity contribution < 1.29 is 4.74 Å². The van der Waals surface area contributed by atoms with Crippen LogP contribution >= 0.6 is 0 Å². The fraction of sp³-hybridized carbons (Fsp3) is 0.0909. The summed E-state index contributed by atoms with van der Waals surface area (Å²) >= 11 is 0. The van der Waals surface area contributed by atoms with Crippen LogP contribution in [0.1, 0.15) is 29.9 Å². The maximum Gasteiger partial charge on any atom is 0.124 e. The van der Waals surface area contributed by atoms with Gasteiger partial charge in [-0.3, -0.25) is 0 Å². The van der Waals surface area contributed by atoms with E-state index in [-0.39, 0.29) is 12.0 Å². The highest BCUT2D eigenvalue weighted by atomic mass is 16.5. The van der Waals surface area contributed by atoms with Crippen molar-refractivity contribution in [3.8, 4) is 39.1 Å². The van der Waals surface area contributed by atoms with Crippen LogP contribution in [0, 0.1) is 0 Å². The maximum atomic E-state index is 6.61. The zero-order valence-corrected chi connectivity index (χ0v) is 25.0. The third-order valence-corrected chi connectivity index (χ3v) is 9.75. The molecule has 1 aliphatic heterocycles. The van der Waals surface area contributed by atoms with E-state index < -0.39 is 0 Å². The molecule has 0 spiro atoms. The van der Waals surface area contributed by atoms with Gasteiger partial charge in [-0.15, -0.1) is 0 Å². The topological polar surface area (TPSA) is 9.23 Å². The number of allylic oxidation sites excluding steroid dienone is 1. The summed E-state index contributed by atoms with van der Waals surface area (Å²) in [6, 6.07) is 55.1. The fourth-order valence-electron chi connectivity index (χ4n) is 7.67. The Morgan fingerprint density at radius 3 is 1.62 bits per heavy atom. The molecule has 0 fully saturated rings. The van der Waals surface area contributed by atoms with Crippen LogP contribution < -0.4 is 4.74 Å². The van der Waals surface area contributed by atoms with Crippen molar-refractivity contribution in [3.63, 3.8) is 0 Å². The second-order valence-corrected chi connectivity index (χ2v) is 12.3. The minimum atomic E-state index is 0.187. The molecule has 0 aromatic heterocycles. The molecular weight excluding hydrogens is 544 g/mol. The van der Waals surface area contributed by atoms with Gasteiger partial charge in [0.25, 0.3) is 0 Å². The molecule has 7 aromatic rings. The summed E-state index contributed by atoms with van der Waals surface area (Å²) in [6.07, 6.45) is 4.71. The molecule has 1 heterocycles. The standard InChI is InChI=1S/C44H32O/c1-3-12-29(13-4-1)31-16-11-17-33(26-31)43-36-18-7-9-20-38(36)44(39-21-10-8-19-37(39)43)34-23-25-41-40(27-34)35-24-22-32(28-42(35)45-41)30-14-5-2-6-15-30/h1-22,24,26-28,40-41H,23,25H2. The van der Waals surface area contributed by atoms with E-state index in [2.05, 4.69) is 158 Å². The van der Waals surface area contributed by atoms with Gasteiger partial charge in [-0.25, -0.2) is 0 Å². The monoisotopic (exact) mass is 576 g/mol. The lowest BCUT2D eigenvalue weighted by Gasteiger charge is -2.26. The first-order valence-corrected chi connectivity index (χ1v) is 16.0. The van der Waals surface area contributed by atoms with E-state index in [9.17, 15) is 0 Å². The molecule has 0 saturated heterocycles. The van der Waals surface area contributed by atoms with Crippen molar-refractivity contribution in [2.75, 3.05) is 0 Å². The molecule has 0 radical (unpaired) electrons. The van der Waals surface area contributed by atoms with Crippen molar-refractivity contribution in [3.05, 3.63) is 169 Å². The van der Waals surface area contributed by atoms with E-state index in [4.69, 9.17) is 4.74 Å². The molecule has 45 heavy (non-hydrogen) atoms. The van der Waals surface area contributed by atoms with Crippen LogP contribution in [0.4, 0.5) is 0 Å². The van der Waals surface area contributed by atoms with Crippen molar-refractivity contribution in [2.24, 2.45) is 0 Å². The lowest BCUT2D eigenvalue weighted by Crippen LogP contribution is -2.21. The first-order valence-electron chi connectivity index (χ1n) is 16.0. The largest absolute Gasteiger partial charge is 0.489 e. The van der Waals surface area contributed by atoms with Crippen LogP contribution in [0.15, 0.2) is 158 Å². The van der Waals surface area contributed by atoms with Gasteiger partial charge in [0.1, 0.15) is 11.9 Å². The average Bonchev–Trinajstić information content (AvgIpc) is 3.48. The molecule has 0 saturated carbocycles. The van der Waals surface area contributed by atoms with Gasteiger partial charge >= 0.3 is 0 Å². The molecule has 0 bridgehead atoms. The molecular formula is C44H32O. The molecule has 2 atom stereocenters. The van der Waals surface area contributed by atoms with Gasteiger partial charge in [-0.2, -0.15) is 0 Å². The van der Waals surface area contributed by atoms with Crippen molar-refractivity contribution >= 4 is 27.1 Å². The summed E-state index contributed by atoms with van der Waals surface area (Å²) in [7, 11) is 0. The molecule has 1 heteroatoms. The Balaban J connectivity index is 1.20. The fourth-order valence-corrected chi connectivity index (χ4v) is 7.67. The van der Waals surface area contributed by atoms with Crippen LogP contribution in [0.5, 0.6) is 5.75 Å². The van der Waals surface area contributed by atoms with E-state index >= 15 is 0 Å². The summed E-state index contributed by atoms with van der Waals surface area (Å²) in [5.41, 5.74) is 11.6. The smallest absolute Gasteiger partial charge is 0.124 e.